The van der Waals surface area contributed by atoms with Gasteiger partial charge in [0.25, 0.3) is 5.56 Å². The van der Waals surface area contributed by atoms with Crippen molar-refractivity contribution in [2.24, 2.45) is 7.05 Å². The Labute approximate surface area is 137 Å². The Balaban J connectivity index is 1.67. The summed E-state index contributed by atoms with van der Waals surface area (Å²) in [5, 5.41) is 0. The van der Waals surface area contributed by atoms with Gasteiger partial charge in [0, 0.05) is 31.9 Å². The highest BCUT2D eigenvalue weighted by molar-refractivity contribution is 5.27. The van der Waals surface area contributed by atoms with Crippen LogP contribution in [-0.2, 0) is 20.0 Å². The first-order valence-corrected chi connectivity index (χ1v) is 8.18. The summed E-state index contributed by atoms with van der Waals surface area (Å²) in [7, 11) is 3.48. The first-order chi connectivity index (χ1) is 11.2. The molecular formula is C19H24N2O2. The maximum Gasteiger partial charge on any atom is 0.250 e. The van der Waals surface area contributed by atoms with E-state index in [9.17, 15) is 4.79 Å². The molecule has 4 heteroatoms. The van der Waals surface area contributed by atoms with Crippen molar-refractivity contribution in [1.82, 2.24) is 9.47 Å². The zero-order valence-corrected chi connectivity index (χ0v) is 13.9. The van der Waals surface area contributed by atoms with Gasteiger partial charge in [0.05, 0.1) is 7.11 Å². The van der Waals surface area contributed by atoms with Crippen LogP contribution in [0.25, 0.3) is 0 Å². The molecule has 122 valence electrons. The Kier molecular flexibility index (Phi) is 4.82. The second kappa shape index (κ2) is 7.01. The third-order valence-corrected chi connectivity index (χ3v) is 4.68. The zero-order valence-electron chi connectivity index (χ0n) is 13.9. The molecule has 2 aromatic rings. The van der Waals surface area contributed by atoms with Crippen molar-refractivity contribution in [3.05, 3.63) is 64.1 Å². The molecule has 0 aliphatic carbocycles. The van der Waals surface area contributed by atoms with Gasteiger partial charge in [-0.1, -0.05) is 12.1 Å². The number of rotatable bonds is 5. The van der Waals surface area contributed by atoms with Crippen LogP contribution in [0.2, 0.25) is 0 Å². The molecule has 0 radical (unpaired) electrons. The van der Waals surface area contributed by atoms with Crippen LogP contribution in [-0.4, -0.2) is 29.2 Å². The first-order valence-electron chi connectivity index (χ1n) is 8.18. The molecule has 4 nitrogen and oxygen atoms in total. The fourth-order valence-corrected chi connectivity index (χ4v) is 3.29. The van der Waals surface area contributed by atoms with Gasteiger partial charge in [-0.25, -0.2) is 0 Å². The van der Waals surface area contributed by atoms with Crippen molar-refractivity contribution in [3.63, 3.8) is 0 Å². The second-order valence-corrected chi connectivity index (χ2v) is 6.30. The number of aryl methyl sites for hydroxylation is 1. The van der Waals surface area contributed by atoms with Crippen molar-refractivity contribution >= 4 is 0 Å². The molecule has 2 heterocycles. The first kappa shape index (κ1) is 15.8. The van der Waals surface area contributed by atoms with E-state index < -0.39 is 0 Å². The molecule has 0 amide bonds. The Morgan fingerprint density at radius 2 is 1.96 bits per heavy atom. The van der Waals surface area contributed by atoms with Crippen LogP contribution in [0, 0.1) is 0 Å². The van der Waals surface area contributed by atoms with Gasteiger partial charge in [0.2, 0.25) is 0 Å². The summed E-state index contributed by atoms with van der Waals surface area (Å²) in [6, 6.07) is 12.7. The quantitative estimate of drug-likeness (QED) is 0.851. The number of benzene rings is 1. The molecular weight excluding hydrogens is 288 g/mol. The summed E-state index contributed by atoms with van der Waals surface area (Å²) in [4.78, 5) is 14.3. The fourth-order valence-electron chi connectivity index (χ4n) is 3.29. The van der Waals surface area contributed by atoms with Gasteiger partial charge in [-0.3, -0.25) is 9.69 Å². The minimum Gasteiger partial charge on any atom is -0.497 e. The van der Waals surface area contributed by atoms with E-state index >= 15 is 0 Å². The van der Waals surface area contributed by atoms with Gasteiger partial charge in [-0.2, -0.15) is 0 Å². The SMILES string of the molecule is COc1ccc(C[C@H]2CCCN2Cc2ccn(C)c(=O)c2)cc1. The molecule has 1 aliphatic heterocycles. The van der Waals surface area contributed by atoms with Crippen LogP contribution >= 0.6 is 0 Å². The van der Waals surface area contributed by atoms with Crippen LogP contribution in [0.15, 0.2) is 47.4 Å². The molecule has 1 fully saturated rings. The smallest absolute Gasteiger partial charge is 0.250 e. The van der Waals surface area contributed by atoms with E-state index in [-0.39, 0.29) is 5.56 Å². The second-order valence-electron chi connectivity index (χ2n) is 6.30. The molecule has 1 saturated heterocycles. The highest BCUT2D eigenvalue weighted by Crippen LogP contribution is 2.24. The van der Waals surface area contributed by atoms with Gasteiger partial charge in [-0.05, 0) is 55.1 Å². The van der Waals surface area contributed by atoms with Crippen LogP contribution < -0.4 is 10.3 Å². The van der Waals surface area contributed by atoms with Crippen molar-refractivity contribution in [2.45, 2.75) is 31.8 Å². The van der Waals surface area contributed by atoms with Crippen LogP contribution in [0.4, 0.5) is 0 Å². The number of methoxy groups -OCH3 is 1. The maximum atomic E-state index is 11.8. The molecule has 3 rings (SSSR count). The molecule has 1 aromatic heterocycles. The van der Waals surface area contributed by atoms with Gasteiger partial charge < -0.3 is 9.30 Å². The largest absolute Gasteiger partial charge is 0.497 e. The van der Waals surface area contributed by atoms with Crippen molar-refractivity contribution in [3.8, 4) is 5.75 Å². The van der Waals surface area contributed by atoms with Gasteiger partial charge in [0.1, 0.15) is 5.75 Å². The Bertz CT molecular complexity index is 706. The number of likely N-dealkylation sites (tertiary alicyclic amines) is 1. The lowest BCUT2D eigenvalue weighted by atomic mass is 10.0. The van der Waals surface area contributed by atoms with E-state index in [4.69, 9.17) is 4.74 Å². The van der Waals surface area contributed by atoms with Crippen molar-refractivity contribution in [1.29, 1.82) is 0 Å². The molecule has 0 spiro atoms. The van der Waals surface area contributed by atoms with Gasteiger partial charge >= 0.3 is 0 Å². The standard InChI is InChI=1S/C19H24N2O2/c1-20-11-9-16(13-19(20)22)14-21-10-3-4-17(21)12-15-5-7-18(23-2)8-6-15/h5-9,11,13,17H,3-4,10,12,14H2,1-2H3/t17-/m1/s1. The molecule has 0 saturated carbocycles. The van der Waals surface area contributed by atoms with Crippen LogP contribution in [0.3, 0.4) is 0 Å². The van der Waals surface area contributed by atoms with Crippen molar-refractivity contribution in [2.75, 3.05) is 13.7 Å². The predicted molar refractivity (Wildman–Crippen MR) is 91.8 cm³/mol. The minimum atomic E-state index is 0.0633. The van der Waals surface area contributed by atoms with Crippen LogP contribution in [0.1, 0.15) is 24.0 Å². The van der Waals surface area contributed by atoms with E-state index in [1.165, 1.54) is 18.4 Å². The number of hydrogen-bond donors (Lipinski definition) is 0. The maximum absolute atomic E-state index is 11.8. The Morgan fingerprint density at radius 3 is 2.65 bits per heavy atom. The van der Waals surface area contributed by atoms with E-state index in [1.54, 1.807) is 24.8 Å². The topological polar surface area (TPSA) is 34.5 Å². The molecule has 1 aromatic carbocycles. The Hall–Kier alpha value is -2.07. The summed E-state index contributed by atoms with van der Waals surface area (Å²) in [5.41, 5.74) is 2.51. The number of ether oxygens (including phenoxy) is 1. The van der Waals surface area contributed by atoms with Crippen LogP contribution in [0.5, 0.6) is 5.75 Å². The highest BCUT2D eigenvalue weighted by atomic mass is 16.5. The van der Waals surface area contributed by atoms with E-state index in [2.05, 4.69) is 17.0 Å². The molecule has 1 atom stereocenters. The summed E-state index contributed by atoms with van der Waals surface area (Å²) >= 11 is 0. The lowest BCUT2D eigenvalue weighted by Gasteiger charge is -2.24. The molecule has 0 N–H and O–H groups in total. The summed E-state index contributed by atoms with van der Waals surface area (Å²) in [6.45, 7) is 1.97. The monoisotopic (exact) mass is 312 g/mol. The van der Waals surface area contributed by atoms with E-state index in [0.29, 0.717) is 6.04 Å². The summed E-state index contributed by atoms with van der Waals surface area (Å²) < 4.78 is 6.83. The summed E-state index contributed by atoms with van der Waals surface area (Å²) in [6.07, 6.45) is 5.35. The molecule has 23 heavy (non-hydrogen) atoms. The fraction of sp³-hybridized carbons (Fsp3) is 0.421. The molecule has 0 unspecified atom stereocenters. The lowest BCUT2D eigenvalue weighted by molar-refractivity contribution is 0.243. The normalized spacial score (nSPS) is 18.3. The minimum absolute atomic E-state index is 0.0633. The third-order valence-electron chi connectivity index (χ3n) is 4.68. The van der Waals surface area contributed by atoms with E-state index in [0.717, 1.165) is 30.8 Å². The number of hydrogen-bond acceptors (Lipinski definition) is 3. The van der Waals surface area contributed by atoms with E-state index in [1.807, 2.05) is 24.4 Å². The predicted octanol–water partition coefficient (Wildman–Crippen LogP) is 2.60. The van der Waals surface area contributed by atoms with Gasteiger partial charge in [0.15, 0.2) is 0 Å². The molecule has 1 aliphatic rings. The van der Waals surface area contributed by atoms with Crippen molar-refractivity contribution < 1.29 is 4.74 Å². The lowest BCUT2D eigenvalue weighted by Crippen LogP contribution is -2.31. The average Bonchev–Trinajstić information content (AvgIpc) is 2.98. The average molecular weight is 312 g/mol. The number of pyridine rings is 1. The number of nitrogens with zero attached hydrogens (tertiary/aromatic N) is 2. The van der Waals surface area contributed by atoms with Gasteiger partial charge in [-0.15, -0.1) is 0 Å². The molecule has 0 bridgehead atoms. The zero-order chi connectivity index (χ0) is 16.2. The Morgan fingerprint density at radius 1 is 1.17 bits per heavy atom. The number of aromatic nitrogens is 1. The third kappa shape index (κ3) is 3.82. The summed E-state index contributed by atoms with van der Waals surface area (Å²) in [5.74, 6) is 0.900. The highest BCUT2D eigenvalue weighted by Gasteiger charge is 2.24.